The van der Waals surface area contributed by atoms with E-state index in [1.54, 1.807) is 41.4 Å². The number of nitrogens with one attached hydrogen (secondary N) is 1. The largest absolute Gasteiger partial charge is 0.368 e. The van der Waals surface area contributed by atoms with Crippen LogP contribution in [0.4, 0.5) is 16.0 Å². The summed E-state index contributed by atoms with van der Waals surface area (Å²) in [5.74, 6) is -0.486. The summed E-state index contributed by atoms with van der Waals surface area (Å²) in [5.41, 5.74) is 9.18. The van der Waals surface area contributed by atoms with Crippen LogP contribution < -0.4 is 11.1 Å². The van der Waals surface area contributed by atoms with Gasteiger partial charge in [-0.2, -0.15) is 0 Å². The first-order valence-electron chi connectivity index (χ1n) is 10.5. The number of carbonyl (C=O) groups excluding carboxylic acids is 2. The van der Waals surface area contributed by atoms with Crippen LogP contribution in [0.3, 0.4) is 0 Å². The fraction of sp³-hybridized carbons (Fsp3) is 0.250. The van der Waals surface area contributed by atoms with Crippen molar-refractivity contribution in [1.29, 1.82) is 0 Å². The lowest BCUT2D eigenvalue weighted by Crippen LogP contribution is -2.39. The van der Waals surface area contributed by atoms with Crippen molar-refractivity contribution in [2.24, 2.45) is 0 Å². The average molecular weight is 433 g/mol. The number of carbonyl (C=O) groups is 2. The van der Waals surface area contributed by atoms with Crippen LogP contribution in [-0.4, -0.2) is 39.8 Å². The Morgan fingerprint density at radius 1 is 1.19 bits per heavy atom. The standard InChI is InChI=1S/C24H24FN5O2/c1-15(31)28-20-9-7-16(8-10-20)23(32)30-11-3-5-18(14-30)22-21(13-27-24(26)29-22)17-4-2-6-19(25)12-17/h2,4,6-10,12-13,18H,3,5,11,14H2,1H3,(H,28,31)(H2,26,27,29)/t18-/m1/s1. The minimum absolute atomic E-state index is 0.0464. The number of aromatic nitrogens is 2. The molecule has 8 heteroatoms. The second kappa shape index (κ2) is 9.13. The van der Waals surface area contributed by atoms with E-state index < -0.39 is 0 Å². The molecule has 32 heavy (non-hydrogen) atoms. The number of halogens is 1. The van der Waals surface area contributed by atoms with Crippen LogP contribution in [0.5, 0.6) is 0 Å². The van der Waals surface area contributed by atoms with Crippen LogP contribution in [0.1, 0.15) is 41.7 Å². The normalized spacial score (nSPS) is 15.9. The van der Waals surface area contributed by atoms with E-state index in [4.69, 9.17) is 5.73 Å². The van der Waals surface area contributed by atoms with Gasteiger partial charge in [0.05, 0.1) is 5.69 Å². The molecule has 1 aromatic heterocycles. The van der Waals surface area contributed by atoms with Gasteiger partial charge >= 0.3 is 0 Å². The van der Waals surface area contributed by atoms with Crippen molar-refractivity contribution in [3.8, 4) is 11.1 Å². The van der Waals surface area contributed by atoms with E-state index in [1.165, 1.54) is 19.1 Å². The first-order valence-corrected chi connectivity index (χ1v) is 10.5. The van der Waals surface area contributed by atoms with E-state index in [1.807, 2.05) is 6.07 Å². The number of benzene rings is 2. The third-order valence-electron chi connectivity index (χ3n) is 5.52. The second-order valence-corrected chi connectivity index (χ2v) is 7.89. The van der Waals surface area contributed by atoms with E-state index in [9.17, 15) is 14.0 Å². The summed E-state index contributed by atoms with van der Waals surface area (Å²) in [6.07, 6.45) is 3.27. The number of piperidine rings is 1. The number of rotatable bonds is 4. The molecule has 0 radical (unpaired) electrons. The number of amides is 2. The molecular weight excluding hydrogens is 409 g/mol. The van der Waals surface area contributed by atoms with E-state index in [2.05, 4.69) is 15.3 Å². The van der Waals surface area contributed by atoms with Gasteiger partial charge in [0.2, 0.25) is 11.9 Å². The summed E-state index contributed by atoms with van der Waals surface area (Å²) in [5, 5.41) is 2.69. The smallest absolute Gasteiger partial charge is 0.253 e. The van der Waals surface area contributed by atoms with Gasteiger partial charge in [0, 0.05) is 48.9 Å². The van der Waals surface area contributed by atoms with Crippen LogP contribution in [0.15, 0.2) is 54.7 Å². The van der Waals surface area contributed by atoms with Crippen molar-refractivity contribution >= 4 is 23.5 Å². The molecule has 0 bridgehead atoms. The van der Waals surface area contributed by atoms with Crippen LogP contribution in [-0.2, 0) is 4.79 Å². The molecule has 4 rings (SSSR count). The van der Waals surface area contributed by atoms with Crippen LogP contribution in [0.2, 0.25) is 0 Å². The van der Waals surface area contributed by atoms with Gasteiger partial charge in [-0.3, -0.25) is 9.59 Å². The first-order chi connectivity index (χ1) is 15.4. The Labute approximate surface area is 185 Å². The second-order valence-electron chi connectivity index (χ2n) is 7.89. The predicted octanol–water partition coefficient (Wildman–Crippen LogP) is 3.84. The van der Waals surface area contributed by atoms with Gasteiger partial charge in [-0.15, -0.1) is 0 Å². The topological polar surface area (TPSA) is 101 Å². The first kappa shape index (κ1) is 21.4. The van der Waals surface area contributed by atoms with Crippen molar-refractivity contribution in [1.82, 2.24) is 14.9 Å². The molecule has 1 saturated heterocycles. The number of nitrogens with zero attached hydrogens (tertiary/aromatic N) is 3. The molecule has 0 aliphatic carbocycles. The Hall–Kier alpha value is -3.81. The number of nitrogens with two attached hydrogens (primary N) is 1. The summed E-state index contributed by atoms with van der Waals surface area (Å²) in [6.45, 7) is 2.55. The maximum Gasteiger partial charge on any atom is 0.253 e. The quantitative estimate of drug-likeness (QED) is 0.651. The zero-order valence-corrected chi connectivity index (χ0v) is 17.7. The van der Waals surface area contributed by atoms with Gasteiger partial charge < -0.3 is 16.0 Å². The molecule has 3 aromatic rings. The number of hydrogen-bond acceptors (Lipinski definition) is 5. The minimum Gasteiger partial charge on any atom is -0.368 e. The van der Waals surface area contributed by atoms with Crippen LogP contribution >= 0.6 is 0 Å². The summed E-state index contributed by atoms with van der Waals surface area (Å²) in [6, 6.07) is 13.1. The van der Waals surface area contributed by atoms with Gasteiger partial charge in [-0.25, -0.2) is 14.4 Å². The highest BCUT2D eigenvalue weighted by Crippen LogP contribution is 2.34. The molecule has 2 amide bonds. The maximum absolute atomic E-state index is 13.8. The van der Waals surface area contributed by atoms with Crippen molar-refractivity contribution < 1.29 is 14.0 Å². The predicted molar refractivity (Wildman–Crippen MR) is 120 cm³/mol. The third-order valence-corrected chi connectivity index (χ3v) is 5.52. The Balaban J connectivity index is 1.57. The summed E-state index contributed by atoms with van der Waals surface area (Å²) >= 11 is 0. The lowest BCUT2D eigenvalue weighted by Gasteiger charge is -2.33. The van der Waals surface area contributed by atoms with Crippen LogP contribution in [0, 0.1) is 5.82 Å². The fourth-order valence-electron chi connectivity index (χ4n) is 4.07. The third kappa shape index (κ3) is 4.74. The summed E-state index contributed by atoms with van der Waals surface area (Å²) in [4.78, 5) is 34.7. The number of hydrogen-bond donors (Lipinski definition) is 2. The van der Waals surface area contributed by atoms with E-state index >= 15 is 0 Å². The number of anilines is 2. The van der Waals surface area contributed by atoms with Crippen LogP contribution in [0.25, 0.3) is 11.1 Å². The highest BCUT2D eigenvalue weighted by atomic mass is 19.1. The van der Waals surface area contributed by atoms with E-state index in [-0.39, 0.29) is 29.5 Å². The van der Waals surface area contributed by atoms with Crippen molar-refractivity contribution in [2.45, 2.75) is 25.7 Å². The molecule has 7 nitrogen and oxygen atoms in total. The molecular formula is C24H24FN5O2. The van der Waals surface area contributed by atoms with Gasteiger partial charge in [0.25, 0.3) is 5.91 Å². The molecule has 1 aliphatic rings. The monoisotopic (exact) mass is 433 g/mol. The number of nitrogen functional groups attached to an aromatic ring is 1. The van der Waals surface area contributed by atoms with Crippen molar-refractivity contribution in [2.75, 3.05) is 24.1 Å². The Morgan fingerprint density at radius 3 is 2.69 bits per heavy atom. The molecule has 3 N–H and O–H groups in total. The summed E-state index contributed by atoms with van der Waals surface area (Å²) < 4.78 is 13.8. The molecule has 1 atom stereocenters. The molecule has 1 fully saturated rings. The fourth-order valence-corrected chi connectivity index (χ4v) is 4.07. The molecule has 0 spiro atoms. The minimum atomic E-state index is -0.339. The van der Waals surface area contributed by atoms with E-state index in [0.717, 1.165) is 24.1 Å². The number of likely N-dealkylation sites (tertiary alicyclic amines) is 1. The average Bonchev–Trinajstić information content (AvgIpc) is 2.79. The lowest BCUT2D eigenvalue weighted by molar-refractivity contribution is -0.114. The molecule has 164 valence electrons. The van der Waals surface area contributed by atoms with E-state index in [0.29, 0.717) is 29.9 Å². The Kier molecular flexibility index (Phi) is 6.11. The zero-order chi connectivity index (χ0) is 22.7. The molecule has 0 saturated carbocycles. The summed E-state index contributed by atoms with van der Waals surface area (Å²) in [7, 11) is 0. The molecule has 1 aliphatic heterocycles. The van der Waals surface area contributed by atoms with Gasteiger partial charge in [0.1, 0.15) is 5.82 Å². The van der Waals surface area contributed by atoms with Gasteiger partial charge in [-0.05, 0) is 54.8 Å². The molecule has 2 aromatic carbocycles. The Bertz CT molecular complexity index is 1150. The highest BCUT2D eigenvalue weighted by Gasteiger charge is 2.28. The lowest BCUT2D eigenvalue weighted by atomic mass is 9.89. The zero-order valence-electron chi connectivity index (χ0n) is 17.7. The van der Waals surface area contributed by atoms with Gasteiger partial charge in [-0.1, -0.05) is 12.1 Å². The highest BCUT2D eigenvalue weighted by molar-refractivity contribution is 5.95. The van der Waals surface area contributed by atoms with Gasteiger partial charge in [0.15, 0.2) is 0 Å². The Morgan fingerprint density at radius 2 is 1.97 bits per heavy atom. The molecule has 2 heterocycles. The van der Waals surface area contributed by atoms with Crippen molar-refractivity contribution in [3.63, 3.8) is 0 Å². The SMILES string of the molecule is CC(=O)Nc1ccc(C(=O)N2CCC[C@@H](c3nc(N)ncc3-c3cccc(F)c3)C2)cc1. The molecule has 0 unspecified atom stereocenters. The maximum atomic E-state index is 13.8. The van der Waals surface area contributed by atoms with Crippen molar-refractivity contribution in [3.05, 3.63) is 71.8 Å².